The molecular formula is C13H11F3N4O3S. The van der Waals surface area contributed by atoms with Gasteiger partial charge in [0, 0.05) is 25.4 Å². The maximum atomic E-state index is 12.6. The van der Waals surface area contributed by atoms with Crippen LogP contribution in [0.2, 0.25) is 0 Å². The van der Waals surface area contributed by atoms with E-state index in [2.05, 4.69) is 10.4 Å². The van der Waals surface area contributed by atoms with Gasteiger partial charge >= 0.3 is 6.18 Å². The fraction of sp³-hybridized carbons (Fsp3) is 0.231. The number of carbonyl (C=O) groups excluding carboxylic acids is 1. The van der Waals surface area contributed by atoms with Crippen molar-refractivity contribution in [1.29, 1.82) is 0 Å². The Labute approximate surface area is 138 Å². The molecule has 0 aliphatic heterocycles. The molecule has 0 aliphatic carbocycles. The molecule has 0 atom stereocenters. The Bertz CT molecular complexity index is 776. The van der Waals surface area contributed by atoms with Gasteiger partial charge in [0.25, 0.3) is 5.69 Å². The van der Waals surface area contributed by atoms with Gasteiger partial charge in [-0.25, -0.2) is 0 Å². The van der Waals surface area contributed by atoms with Gasteiger partial charge in [0.05, 0.1) is 21.1 Å². The minimum absolute atomic E-state index is 0.0239. The van der Waals surface area contributed by atoms with Crippen LogP contribution >= 0.6 is 11.8 Å². The first kappa shape index (κ1) is 17.8. The molecule has 7 nitrogen and oxygen atoms in total. The van der Waals surface area contributed by atoms with Crippen molar-refractivity contribution >= 4 is 29.2 Å². The number of hydrogen-bond donors (Lipinski definition) is 1. The highest BCUT2D eigenvalue weighted by Gasteiger charge is 2.33. The lowest BCUT2D eigenvalue weighted by Gasteiger charge is -2.08. The monoisotopic (exact) mass is 360 g/mol. The number of nitro groups is 1. The second kappa shape index (κ2) is 6.91. The third-order valence-electron chi connectivity index (χ3n) is 2.82. The normalized spacial score (nSPS) is 11.3. The van der Waals surface area contributed by atoms with Gasteiger partial charge in [-0.2, -0.15) is 18.3 Å². The standard InChI is InChI=1S/C13H11F3N4O3S/c1-19-5-4-11(18-19)17-12(21)7-24-10-3-2-8(13(14,15)16)6-9(10)20(22)23/h2-6H,7H2,1H3,(H,17,18,21). The predicted octanol–water partition coefficient (Wildman–Crippen LogP) is 3.08. The number of rotatable bonds is 5. The number of anilines is 1. The van der Waals surface area contributed by atoms with Crippen LogP contribution in [0.5, 0.6) is 0 Å². The molecule has 0 radical (unpaired) electrons. The van der Waals surface area contributed by atoms with Crippen LogP contribution in [0, 0.1) is 10.1 Å². The first-order valence-electron chi connectivity index (χ1n) is 6.45. The topological polar surface area (TPSA) is 90.1 Å². The lowest BCUT2D eigenvalue weighted by molar-refractivity contribution is -0.388. The van der Waals surface area contributed by atoms with E-state index in [1.807, 2.05) is 0 Å². The van der Waals surface area contributed by atoms with E-state index in [4.69, 9.17) is 0 Å². The molecule has 1 aromatic carbocycles. The van der Waals surface area contributed by atoms with Gasteiger partial charge in [-0.1, -0.05) is 0 Å². The maximum Gasteiger partial charge on any atom is 0.416 e. The molecule has 24 heavy (non-hydrogen) atoms. The highest BCUT2D eigenvalue weighted by molar-refractivity contribution is 8.00. The summed E-state index contributed by atoms with van der Waals surface area (Å²) in [5.41, 5.74) is -1.81. The van der Waals surface area contributed by atoms with Crippen LogP contribution in [-0.4, -0.2) is 26.4 Å². The number of nitrogens with zero attached hydrogens (tertiary/aromatic N) is 3. The third kappa shape index (κ3) is 4.47. The Kier molecular flexibility index (Phi) is 5.12. The molecular weight excluding hydrogens is 349 g/mol. The Morgan fingerprint density at radius 1 is 1.42 bits per heavy atom. The largest absolute Gasteiger partial charge is 0.416 e. The number of nitro benzene ring substituents is 1. The molecule has 1 N–H and O–H groups in total. The molecule has 0 saturated heterocycles. The first-order chi connectivity index (χ1) is 11.2. The van der Waals surface area contributed by atoms with Crippen LogP contribution in [0.3, 0.4) is 0 Å². The summed E-state index contributed by atoms with van der Waals surface area (Å²) in [4.78, 5) is 21.8. The van der Waals surface area contributed by atoms with Crippen molar-refractivity contribution in [3.63, 3.8) is 0 Å². The number of thioether (sulfide) groups is 1. The summed E-state index contributed by atoms with van der Waals surface area (Å²) < 4.78 is 39.3. The molecule has 1 amide bonds. The van der Waals surface area contributed by atoms with Gasteiger partial charge in [-0.15, -0.1) is 11.8 Å². The van der Waals surface area contributed by atoms with E-state index < -0.39 is 28.3 Å². The van der Waals surface area contributed by atoms with E-state index in [1.165, 1.54) is 4.68 Å². The molecule has 0 fully saturated rings. The molecule has 0 saturated carbocycles. The molecule has 0 unspecified atom stereocenters. The van der Waals surface area contributed by atoms with E-state index in [9.17, 15) is 28.1 Å². The summed E-state index contributed by atoms with van der Waals surface area (Å²) in [7, 11) is 1.66. The number of hydrogen-bond acceptors (Lipinski definition) is 5. The summed E-state index contributed by atoms with van der Waals surface area (Å²) in [6, 6.07) is 3.74. The number of benzene rings is 1. The van der Waals surface area contributed by atoms with Crippen molar-refractivity contribution in [1.82, 2.24) is 9.78 Å². The van der Waals surface area contributed by atoms with Crippen molar-refractivity contribution < 1.29 is 22.9 Å². The summed E-state index contributed by atoms with van der Waals surface area (Å²) >= 11 is 0.773. The highest BCUT2D eigenvalue weighted by atomic mass is 32.2. The second-order valence-corrected chi connectivity index (χ2v) is 5.67. The van der Waals surface area contributed by atoms with Crippen LogP contribution in [0.15, 0.2) is 35.4 Å². The van der Waals surface area contributed by atoms with E-state index in [0.29, 0.717) is 11.9 Å². The van der Waals surface area contributed by atoms with Crippen molar-refractivity contribution in [3.05, 3.63) is 46.1 Å². The molecule has 2 rings (SSSR count). The fourth-order valence-electron chi connectivity index (χ4n) is 1.76. The number of halogens is 3. The van der Waals surface area contributed by atoms with Crippen molar-refractivity contribution in [2.45, 2.75) is 11.1 Å². The quantitative estimate of drug-likeness (QED) is 0.503. The first-order valence-corrected chi connectivity index (χ1v) is 7.43. The number of carbonyl (C=O) groups is 1. The zero-order valence-corrected chi connectivity index (χ0v) is 13.0. The van der Waals surface area contributed by atoms with Gasteiger partial charge in [0.15, 0.2) is 5.82 Å². The van der Waals surface area contributed by atoms with Crippen LogP contribution in [0.25, 0.3) is 0 Å². The maximum absolute atomic E-state index is 12.6. The van der Waals surface area contributed by atoms with Gasteiger partial charge in [0.1, 0.15) is 0 Å². The third-order valence-corrected chi connectivity index (χ3v) is 3.89. The van der Waals surface area contributed by atoms with Crippen LogP contribution < -0.4 is 5.32 Å². The SMILES string of the molecule is Cn1ccc(NC(=O)CSc2ccc(C(F)(F)F)cc2[N+](=O)[O-])n1. The van der Waals surface area contributed by atoms with Gasteiger partial charge in [0.2, 0.25) is 5.91 Å². The number of aromatic nitrogens is 2. The van der Waals surface area contributed by atoms with Crippen molar-refractivity contribution in [2.24, 2.45) is 7.05 Å². The van der Waals surface area contributed by atoms with Gasteiger partial charge in [-0.3, -0.25) is 19.6 Å². The summed E-state index contributed by atoms with van der Waals surface area (Å²) in [6.07, 6.45) is -3.06. The smallest absolute Gasteiger partial charge is 0.308 e. The Balaban J connectivity index is 2.08. The Morgan fingerprint density at radius 2 is 2.12 bits per heavy atom. The number of aryl methyl sites for hydroxylation is 1. The van der Waals surface area contributed by atoms with Gasteiger partial charge < -0.3 is 5.32 Å². The molecule has 0 spiro atoms. The average Bonchev–Trinajstić information content (AvgIpc) is 2.89. The number of amides is 1. The number of alkyl halides is 3. The molecule has 2 aromatic rings. The summed E-state index contributed by atoms with van der Waals surface area (Å²) in [5.74, 6) is -0.374. The average molecular weight is 360 g/mol. The van der Waals surface area contributed by atoms with Crippen molar-refractivity contribution in [3.8, 4) is 0 Å². The second-order valence-electron chi connectivity index (χ2n) is 4.65. The zero-order valence-electron chi connectivity index (χ0n) is 12.2. The molecule has 0 bridgehead atoms. The van der Waals surface area contributed by atoms with E-state index >= 15 is 0 Å². The van der Waals surface area contributed by atoms with E-state index in [-0.39, 0.29) is 10.6 Å². The minimum atomic E-state index is -4.68. The van der Waals surface area contributed by atoms with Crippen LogP contribution in [-0.2, 0) is 18.0 Å². The molecule has 11 heteroatoms. The zero-order chi connectivity index (χ0) is 17.9. The lowest BCUT2D eigenvalue weighted by Crippen LogP contribution is -2.14. The van der Waals surface area contributed by atoms with Gasteiger partial charge in [-0.05, 0) is 12.1 Å². The highest BCUT2D eigenvalue weighted by Crippen LogP contribution is 2.36. The van der Waals surface area contributed by atoms with Crippen LogP contribution in [0.4, 0.5) is 24.7 Å². The molecule has 128 valence electrons. The summed E-state index contributed by atoms with van der Waals surface area (Å²) in [5, 5.41) is 17.4. The van der Waals surface area contributed by atoms with E-state index in [0.717, 1.165) is 23.9 Å². The fourth-order valence-corrected chi connectivity index (χ4v) is 2.57. The molecule has 0 aliphatic rings. The molecule has 1 heterocycles. The lowest BCUT2D eigenvalue weighted by atomic mass is 10.2. The minimum Gasteiger partial charge on any atom is -0.308 e. The van der Waals surface area contributed by atoms with E-state index in [1.54, 1.807) is 19.3 Å². The Hall–Kier alpha value is -2.56. The number of nitrogens with one attached hydrogen (secondary N) is 1. The van der Waals surface area contributed by atoms with Crippen molar-refractivity contribution in [2.75, 3.05) is 11.1 Å². The Morgan fingerprint density at radius 3 is 2.67 bits per heavy atom. The predicted molar refractivity (Wildman–Crippen MR) is 80.7 cm³/mol. The molecule has 1 aromatic heterocycles. The summed E-state index contributed by atoms with van der Waals surface area (Å²) in [6.45, 7) is 0. The van der Waals surface area contributed by atoms with Crippen LogP contribution in [0.1, 0.15) is 5.56 Å².